The molecule has 1 aliphatic carbocycles. The zero-order valence-corrected chi connectivity index (χ0v) is 37.2. The van der Waals surface area contributed by atoms with Crippen LogP contribution >= 0.6 is 0 Å². The van der Waals surface area contributed by atoms with Gasteiger partial charge in [-0.1, -0.05) is 141 Å². The summed E-state index contributed by atoms with van der Waals surface area (Å²) in [5, 5.41) is 2.05. The Balaban J connectivity index is 1.11. The first-order chi connectivity index (χ1) is 32.0. The van der Waals surface area contributed by atoms with Crippen LogP contribution in [0.3, 0.4) is 0 Å². The highest BCUT2D eigenvalue weighted by Crippen LogP contribution is 2.61. The molecule has 65 heavy (non-hydrogen) atoms. The van der Waals surface area contributed by atoms with E-state index in [0.717, 1.165) is 81.5 Å². The molecule has 2 aliphatic heterocycles. The van der Waals surface area contributed by atoms with Crippen molar-refractivity contribution in [2.45, 2.75) is 37.7 Å². The number of rotatable bonds is 10. The predicted octanol–water partition coefficient (Wildman–Crippen LogP) is 12.3. The number of fused-ring (bicyclic) bond motifs is 8. The number of methoxy groups -OCH3 is 2. The number of nitrogens with zero attached hydrogens (tertiary/aromatic N) is 4. The van der Waals surface area contributed by atoms with Gasteiger partial charge in [0.1, 0.15) is 5.75 Å². The lowest BCUT2D eigenvalue weighted by Gasteiger charge is -2.39. The van der Waals surface area contributed by atoms with Crippen LogP contribution in [0.2, 0.25) is 0 Å². The molecular weight excluding hydrogens is 805 g/mol. The second-order valence-corrected chi connectivity index (χ2v) is 17.0. The molecule has 11 rings (SSSR count). The molecule has 8 heteroatoms. The van der Waals surface area contributed by atoms with Gasteiger partial charge < -0.3 is 23.8 Å². The van der Waals surface area contributed by atoms with Crippen LogP contribution in [0.5, 0.6) is 17.2 Å². The van der Waals surface area contributed by atoms with Crippen LogP contribution in [0.4, 0.5) is 5.69 Å². The van der Waals surface area contributed by atoms with E-state index < -0.39 is 5.60 Å². The maximum absolute atomic E-state index is 7.81. The fourth-order valence-electron chi connectivity index (χ4n) is 10.5. The van der Waals surface area contributed by atoms with Crippen molar-refractivity contribution in [2.24, 2.45) is 0 Å². The number of hydrogen-bond acceptors (Lipinski definition) is 8. The Labute approximate surface area is 380 Å². The maximum atomic E-state index is 7.81. The van der Waals surface area contributed by atoms with E-state index in [4.69, 9.17) is 33.9 Å². The first-order valence-electron chi connectivity index (χ1n) is 22.6. The number of anilines is 1. The van der Waals surface area contributed by atoms with Crippen LogP contribution in [-0.4, -0.2) is 55.5 Å². The van der Waals surface area contributed by atoms with Gasteiger partial charge in [-0.05, 0) is 70.8 Å². The third kappa shape index (κ3) is 6.57. The molecule has 0 radical (unpaired) electrons. The van der Waals surface area contributed by atoms with Gasteiger partial charge in [-0.2, -0.15) is 0 Å². The highest BCUT2D eigenvalue weighted by Gasteiger charge is 2.47. The molecule has 3 aliphatic rings. The first kappa shape index (κ1) is 40.5. The smallest absolute Gasteiger partial charge is 0.178 e. The van der Waals surface area contributed by atoms with E-state index in [1.807, 2.05) is 60.7 Å². The summed E-state index contributed by atoms with van der Waals surface area (Å²) in [4.78, 5) is 17.4. The van der Waals surface area contributed by atoms with Gasteiger partial charge in [-0.15, -0.1) is 0 Å². The Morgan fingerprint density at radius 3 is 1.69 bits per heavy atom. The Bertz CT molecular complexity index is 3030. The third-order valence-electron chi connectivity index (χ3n) is 13.9. The topological polar surface area (TPSA) is 78.8 Å². The van der Waals surface area contributed by atoms with Gasteiger partial charge in [0.2, 0.25) is 0 Å². The normalized spacial score (nSPS) is 17.0. The Kier molecular flexibility index (Phi) is 10.2. The quantitative estimate of drug-likeness (QED) is 0.135. The Morgan fingerprint density at radius 1 is 0.600 bits per heavy atom. The molecule has 1 fully saturated rings. The number of morpholine rings is 1. The van der Waals surface area contributed by atoms with Crippen molar-refractivity contribution in [3.8, 4) is 62.5 Å². The van der Waals surface area contributed by atoms with Gasteiger partial charge >= 0.3 is 0 Å². The lowest BCUT2D eigenvalue weighted by Crippen LogP contribution is -2.37. The van der Waals surface area contributed by atoms with Crippen LogP contribution in [0, 0.1) is 0 Å². The minimum Gasteiger partial charge on any atom is -0.493 e. The summed E-state index contributed by atoms with van der Waals surface area (Å²) in [6.45, 7) is 7.77. The maximum Gasteiger partial charge on any atom is 0.178 e. The minimum absolute atomic E-state index is 0.214. The summed E-state index contributed by atoms with van der Waals surface area (Å²) in [6.07, 6.45) is 6.48. The van der Waals surface area contributed by atoms with Gasteiger partial charge in [0.15, 0.2) is 34.6 Å². The lowest BCUT2D eigenvalue weighted by atomic mass is 9.71. The average Bonchev–Trinajstić information content (AvgIpc) is 3.69. The molecule has 1 unspecified atom stereocenters. The summed E-state index contributed by atoms with van der Waals surface area (Å²) in [6, 6.07) is 50.7. The molecular formula is C57H50N4O4. The summed E-state index contributed by atoms with van der Waals surface area (Å²) in [7, 11) is 3.40. The molecule has 1 saturated heterocycles. The van der Waals surface area contributed by atoms with E-state index in [2.05, 4.69) is 116 Å². The van der Waals surface area contributed by atoms with E-state index >= 15 is 0 Å². The summed E-state index contributed by atoms with van der Waals surface area (Å²) in [5.74, 6) is 3.98. The second kappa shape index (κ2) is 16.4. The molecule has 0 spiro atoms. The monoisotopic (exact) mass is 854 g/mol. The molecule has 322 valence electrons. The Morgan fingerprint density at radius 2 is 1.12 bits per heavy atom. The average molecular weight is 855 g/mol. The molecule has 3 heterocycles. The summed E-state index contributed by atoms with van der Waals surface area (Å²) < 4.78 is 25.5. The van der Waals surface area contributed by atoms with Crippen molar-refractivity contribution in [3.63, 3.8) is 0 Å². The van der Waals surface area contributed by atoms with Gasteiger partial charge in [-0.3, -0.25) is 0 Å². The molecule has 8 nitrogen and oxygen atoms in total. The molecule has 0 amide bonds. The molecule has 1 atom stereocenters. The first-order valence-corrected chi connectivity index (χ1v) is 22.6. The predicted molar refractivity (Wildman–Crippen MR) is 260 cm³/mol. The van der Waals surface area contributed by atoms with Crippen molar-refractivity contribution in [1.29, 1.82) is 0 Å². The van der Waals surface area contributed by atoms with E-state index in [0.29, 0.717) is 42.2 Å². The highest BCUT2D eigenvalue weighted by atomic mass is 16.5. The summed E-state index contributed by atoms with van der Waals surface area (Å²) in [5.41, 5.74) is 10.9. The second-order valence-electron chi connectivity index (χ2n) is 17.0. The Hall–Kier alpha value is -7.29. The molecule has 8 aromatic rings. The number of aromatic nitrogens is 3. The zero-order valence-electron chi connectivity index (χ0n) is 37.2. The molecule has 0 bridgehead atoms. The van der Waals surface area contributed by atoms with Crippen LogP contribution < -0.4 is 19.1 Å². The number of benzene rings is 7. The van der Waals surface area contributed by atoms with Crippen molar-refractivity contribution in [2.75, 3.05) is 45.4 Å². The van der Waals surface area contributed by atoms with Crippen LogP contribution in [0.25, 0.3) is 62.1 Å². The van der Waals surface area contributed by atoms with E-state index in [9.17, 15) is 0 Å². The number of hydrogen-bond donors (Lipinski definition) is 0. The van der Waals surface area contributed by atoms with Crippen LogP contribution in [-0.2, 0) is 15.8 Å². The zero-order chi connectivity index (χ0) is 44.1. The van der Waals surface area contributed by atoms with Crippen molar-refractivity contribution < 1.29 is 18.9 Å². The molecule has 0 N–H and O–H groups in total. The van der Waals surface area contributed by atoms with Crippen LogP contribution in [0.1, 0.15) is 54.5 Å². The van der Waals surface area contributed by atoms with Crippen LogP contribution in [0.15, 0.2) is 152 Å². The number of ether oxygens (including phenoxy) is 4. The molecule has 1 aromatic heterocycles. The lowest BCUT2D eigenvalue weighted by molar-refractivity contribution is 0.122. The van der Waals surface area contributed by atoms with Crippen molar-refractivity contribution >= 4 is 22.5 Å². The third-order valence-corrected chi connectivity index (χ3v) is 13.9. The fourth-order valence-corrected chi connectivity index (χ4v) is 10.5. The van der Waals surface area contributed by atoms with E-state index in [1.54, 1.807) is 14.2 Å². The van der Waals surface area contributed by atoms with Crippen molar-refractivity contribution in [1.82, 2.24) is 15.0 Å². The largest absolute Gasteiger partial charge is 0.493 e. The highest BCUT2D eigenvalue weighted by molar-refractivity contribution is 6.09. The van der Waals surface area contributed by atoms with Gasteiger partial charge in [-0.25, -0.2) is 15.0 Å². The van der Waals surface area contributed by atoms with Gasteiger partial charge in [0.05, 0.1) is 27.4 Å². The van der Waals surface area contributed by atoms with Gasteiger partial charge in [0, 0.05) is 63.0 Å². The van der Waals surface area contributed by atoms with E-state index in [1.165, 1.54) is 22.3 Å². The standard InChI is InChI=1S/C57H50N4O4/c1-5-56(6-2)47-20-14-13-19-43(47)50-45-35-48(62-3)49(63-4)36-46(45)52-44(51(50)56)29-30-57(65-52,41-25-27-42(28-26-41)61-31-33-64-34-32-61)40-23-21-39(22-24-40)55-59-53(37-15-9-7-10-16-37)58-54(60-55)38-17-11-8-12-18-38/h7-30,35-36H,5-6,31-34H2,1-4H3. The summed E-state index contributed by atoms with van der Waals surface area (Å²) >= 11 is 0. The molecule has 0 saturated carbocycles. The molecule has 7 aromatic carbocycles. The van der Waals surface area contributed by atoms with Crippen molar-refractivity contribution in [3.05, 3.63) is 179 Å². The SMILES string of the molecule is CCC1(CC)c2ccccc2-c2c1c1c(c3cc(OC)c(OC)cc23)OC(c2ccc(-c3nc(-c4ccccc4)nc(-c4ccccc4)n3)cc2)(c2ccc(N3CCOCC3)cc2)C=C1. The van der Waals surface area contributed by atoms with E-state index in [-0.39, 0.29) is 5.41 Å². The fraction of sp³-hybridized carbons (Fsp3) is 0.211. The minimum atomic E-state index is -1.01. The van der Waals surface area contributed by atoms with Gasteiger partial charge in [0.25, 0.3) is 0 Å².